The van der Waals surface area contributed by atoms with Gasteiger partial charge in [0, 0.05) is 19.3 Å². The molecular formula is C11H20N4O4S. The number of carbonyl (C=O) groups excluding carboxylic acids is 1. The van der Waals surface area contributed by atoms with Crippen LogP contribution in [0.15, 0.2) is 11.1 Å². The molecule has 0 radical (unpaired) electrons. The third kappa shape index (κ3) is 3.48. The van der Waals surface area contributed by atoms with E-state index in [2.05, 4.69) is 5.10 Å². The molecule has 0 aliphatic carbocycles. The highest BCUT2D eigenvalue weighted by Crippen LogP contribution is 2.22. The predicted octanol–water partition coefficient (Wildman–Crippen LogP) is -0.0355. The number of aryl methyl sites for hydroxylation is 1. The lowest BCUT2D eigenvalue weighted by Crippen LogP contribution is -2.41. The van der Waals surface area contributed by atoms with Crippen LogP contribution in [-0.2, 0) is 26.6 Å². The number of rotatable bonds is 6. The first-order valence-corrected chi connectivity index (χ1v) is 7.60. The van der Waals surface area contributed by atoms with E-state index in [4.69, 9.17) is 10.5 Å². The fourth-order valence-corrected chi connectivity index (χ4v) is 3.36. The third-order valence-corrected chi connectivity index (χ3v) is 4.61. The third-order valence-electron chi connectivity index (χ3n) is 2.57. The Morgan fingerprint density at radius 1 is 1.55 bits per heavy atom. The molecule has 1 heterocycles. The highest BCUT2D eigenvalue weighted by molar-refractivity contribution is 7.89. The number of aromatic nitrogens is 2. The van der Waals surface area contributed by atoms with Crippen molar-refractivity contribution in [2.45, 2.75) is 31.7 Å². The van der Waals surface area contributed by atoms with Gasteiger partial charge in [-0.05, 0) is 20.8 Å². The zero-order valence-electron chi connectivity index (χ0n) is 12.0. The minimum absolute atomic E-state index is 0.0954. The molecule has 0 saturated carbocycles. The summed E-state index contributed by atoms with van der Waals surface area (Å²) in [6, 6.07) is -0.413. The normalized spacial score (nSPS) is 12.1. The summed E-state index contributed by atoms with van der Waals surface area (Å²) >= 11 is 0. The minimum atomic E-state index is -3.90. The van der Waals surface area contributed by atoms with Crippen molar-refractivity contribution in [2.75, 3.05) is 18.9 Å². The average molecular weight is 304 g/mol. The molecule has 2 N–H and O–H groups in total. The number of sulfonamides is 1. The standard InChI is InChI=1S/C11H20N4O4S/c1-5-19-10(16)7-15(8(2)3)20(17,18)9-6-14(4)13-11(9)12/h6,8H,5,7H2,1-4H3,(H2,12,13). The van der Waals surface area contributed by atoms with E-state index < -0.39 is 22.0 Å². The highest BCUT2D eigenvalue weighted by Gasteiger charge is 2.32. The maximum Gasteiger partial charge on any atom is 0.321 e. The van der Waals surface area contributed by atoms with Crippen molar-refractivity contribution in [1.82, 2.24) is 14.1 Å². The number of nitrogens with two attached hydrogens (primary N) is 1. The summed E-state index contributed by atoms with van der Waals surface area (Å²) in [6.45, 7) is 4.83. The van der Waals surface area contributed by atoms with E-state index in [1.54, 1.807) is 27.8 Å². The van der Waals surface area contributed by atoms with Crippen LogP contribution in [0.3, 0.4) is 0 Å². The van der Waals surface area contributed by atoms with Gasteiger partial charge in [0.2, 0.25) is 10.0 Å². The number of esters is 1. The Kier molecular flexibility index (Phi) is 5.12. The van der Waals surface area contributed by atoms with Gasteiger partial charge in [-0.3, -0.25) is 9.48 Å². The van der Waals surface area contributed by atoms with Gasteiger partial charge in [-0.2, -0.15) is 9.40 Å². The number of hydrogen-bond donors (Lipinski definition) is 1. The molecule has 9 heteroatoms. The van der Waals surface area contributed by atoms with Crippen molar-refractivity contribution in [2.24, 2.45) is 7.05 Å². The fourth-order valence-electron chi connectivity index (χ4n) is 1.69. The molecule has 0 aliphatic heterocycles. The van der Waals surface area contributed by atoms with Gasteiger partial charge in [0.05, 0.1) is 6.61 Å². The number of ether oxygens (including phenoxy) is 1. The van der Waals surface area contributed by atoms with Crippen molar-refractivity contribution in [1.29, 1.82) is 0 Å². The van der Waals surface area contributed by atoms with Gasteiger partial charge >= 0.3 is 5.97 Å². The number of anilines is 1. The van der Waals surface area contributed by atoms with E-state index in [1.165, 1.54) is 10.9 Å². The van der Waals surface area contributed by atoms with Crippen molar-refractivity contribution in [3.63, 3.8) is 0 Å². The van der Waals surface area contributed by atoms with Gasteiger partial charge in [-0.25, -0.2) is 8.42 Å². The number of hydrogen-bond acceptors (Lipinski definition) is 6. The summed E-state index contributed by atoms with van der Waals surface area (Å²) in [6.07, 6.45) is 1.31. The summed E-state index contributed by atoms with van der Waals surface area (Å²) in [4.78, 5) is 11.4. The molecule has 0 spiro atoms. The summed E-state index contributed by atoms with van der Waals surface area (Å²) in [5, 5.41) is 3.81. The molecule has 8 nitrogen and oxygen atoms in total. The lowest BCUT2D eigenvalue weighted by Gasteiger charge is -2.24. The van der Waals surface area contributed by atoms with Gasteiger partial charge in [-0.15, -0.1) is 0 Å². The van der Waals surface area contributed by atoms with Crippen LogP contribution >= 0.6 is 0 Å². The highest BCUT2D eigenvalue weighted by atomic mass is 32.2. The van der Waals surface area contributed by atoms with Crippen molar-refractivity contribution in [3.8, 4) is 0 Å². The maximum atomic E-state index is 12.5. The van der Waals surface area contributed by atoms with Crippen LogP contribution in [0.25, 0.3) is 0 Å². The monoisotopic (exact) mass is 304 g/mol. The summed E-state index contributed by atoms with van der Waals surface area (Å²) in [5.41, 5.74) is 5.60. The fraction of sp³-hybridized carbons (Fsp3) is 0.636. The lowest BCUT2D eigenvalue weighted by atomic mass is 10.4. The zero-order valence-corrected chi connectivity index (χ0v) is 12.8. The SMILES string of the molecule is CCOC(=O)CN(C(C)C)S(=O)(=O)c1cn(C)nc1N. The number of nitrogens with zero attached hydrogens (tertiary/aromatic N) is 3. The van der Waals surface area contributed by atoms with Crippen molar-refractivity contribution in [3.05, 3.63) is 6.20 Å². The Hall–Kier alpha value is -1.61. The second-order valence-electron chi connectivity index (χ2n) is 4.50. The number of nitrogen functional groups attached to an aromatic ring is 1. The largest absolute Gasteiger partial charge is 0.465 e. The second kappa shape index (κ2) is 6.23. The molecule has 0 unspecified atom stereocenters. The van der Waals surface area contributed by atoms with Crippen LogP contribution < -0.4 is 5.73 Å². The van der Waals surface area contributed by atoms with Crippen LogP contribution in [0.5, 0.6) is 0 Å². The molecule has 0 atom stereocenters. The Labute approximate surface area is 118 Å². The molecule has 1 aromatic rings. The predicted molar refractivity (Wildman–Crippen MR) is 73.3 cm³/mol. The Morgan fingerprint density at radius 3 is 2.55 bits per heavy atom. The second-order valence-corrected chi connectivity index (χ2v) is 6.36. The van der Waals surface area contributed by atoms with Gasteiger partial charge < -0.3 is 10.5 Å². The number of carbonyl (C=O) groups is 1. The van der Waals surface area contributed by atoms with E-state index in [-0.39, 0.29) is 23.9 Å². The van der Waals surface area contributed by atoms with Gasteiger partial charge in [0.1, 0.15) is 11.4 Å². The molecule has 20 heavy (non-hydrogen) atoms. The maximum absolute atomic E-state index is 12.5. The van der Waals surface area contributed by atoms with E-state index in [0.717, 1.165) is 4.31 Å². The smallest absolute Gasteiger partial charge is 0.321 e. The molecule has 1 rings (SSSR count). The van der Waals surface area contributed by atoms with Crippen LogP contribution in [-0.4, -0.2) is 47.7 Å². The van der Waals surface area contributed by atoms with Gasteiger partial charge in [-0.1, -0.05) is 0 Å². The Morgan fingerprint density at radius 2 is 2.15 bits per heavy atom. The molecule has 0 bridgehead atoms. The molecule has 0 amide bonds. The van der Waals surface area contributed by atoms with E-state index in [9.17, 15) is 13.2 Å². The lowest BCUT2D eigenvalue weighted by molar-refractivity contribution is -0.143. The van der Waals surface area contributed by atoms with Crippen molar-refractivity contribution >= 4 is 21.8 Å². The Balaban J connectivity index is 3.13. The first-order valence-electron chi connectivity index (χ1n) is 6.16. The first-order chi connectivity index (χ1) is 9.20. The zero-order chi connectivity index (χ0) is 15.5. The summed E-state index contributed by atoms with van der Waals surface area (Å²) < 4.78 is 32.2. The molecule has 1 aromatic heterocycles. The molecule has 0 aliphatic rings. The van der Waals surface area contributed by atoms with Crippen LogP contribution in [0, 0.1) is 0 Å². The molecular weight excluding hydrogens is 284 g/mol. The molecule has 0 saturated heterocycles. The van der Waals surface area contributed by atoms with Gasteiger partial charge in [0.25, 0.3) is 0 Å². The molecule has 114 valence electrons. The Bertz CT molecular complexity index is 579. The van der Waals surface area contributed by atoms with Crippen molar-refractivity contribution < 1.29 is 17.9 Å². The topological polar surface area (TPSA) is 108 Å². The summed E-state index contributed by atoms with van der Waals surface area (Å²) in [7, 11) is -2.33. The molecule has 0 aromatic carbocycles. The van der Waals surface area contributed by atoms with Crippen LogP contribution in [0.4, 0.5) is 5.82 Å². The quantitative estimate of drug-likeness (QED) is 0.739. The molecule has 0 fully saturated rings. The minimum Gasteiger partial charge on any atom is -0.465 e. The van der Waals surface area contributed by atoms with E-state index in [1.807, 2.05) is 0 Å². The van der Waals surface area contributed by atoms with E-state index >= 15 is 0 Å². The van der Waals surface area contributed by atoms with Gasteiger partial charge in [0.15, 0.2) is 5.82 Å². The van der Waals surface area contributed by atoms with Crippen LogP contribution in [0.2, 0.25) is 0 Å². The first kappa shape index (κ1) is 16.4. The summed E-state index contributed by atoms with van der Waals surface area (Å²) in [5.74, 6) is -0.700. The van der Waals surface area contributed by atoms with E-state index in [0.29, 0.717) is 0 Å². The van der Waals surface area contributed by atoms with Crippen LogP contribution in [0.1, 0.15) is 20.8 Å². The average Bonchev–Trinajstić information content (AvgIpc) is 2.66.